The van der Waals surface area contributed by atoms with E-state index in [-0.39, 0.29) is 15.6 Å². The zero-order valence-corrected chi connectivity index (χ0v) is 12.5. The normalized spacial score (nSPS) is 12.5. The maximum atomic E-state index is 13.7. The summed E-state index contributed by atoms with van der Waals surface area (Å²) < 4.78 is 41.2. The van der Waals surface area contributed by atoms with Crippen LogP contribution in [0.2, 0.25) is 0 Å². The molecular weight excluding hydrogens is 389 g/mol. The van der Waals surface area contributed by atoms with Gasteiger partial charge in [-0.1, -0.05) is 22.0 Å². The standard InChI is InChI=1S/C13H7Br2F3O/c14-6-1-2-7(10(16)3-6)13(19)8-4-12(18)9(15)5-11(8)17/h1-5,13,19H. The van der Waals surface area contributed by atoms with Gasteiger partial charge in [-0.3, -0.25) is 0 Å². The molecule has 0 radical (unpaired) electrons. The SMILES string of the molecule is OC(c1ccc(Br)cc1F)c1cc(F)c(Br)cc1F. The summed E-state index contributed by atoms with van der Waals surface area (Å²) in [6.07, 6.45) is -1.57. The number of rotatable bonds is 2. The summed E-state index contributed by atoms with van der Waals surface area (Å²) in [5.41, 5.74) is -0.439. The first kappa shape index (κ1) is 14.6. The number of halogens is 5. The quantitative estimate of drug-likeness (QED) is 0.730. The van der Waals surface area contributed by atoms with Gasteiger partial charge in [0.1, 0.15) is 23.6 Å². The molecule has 0 aliphatic rings. The number of benzene rings is 2. The Balaban J connectivity index is 2.49. The second kappa shape index (κ2) is 5.64. The van der Waals surface area contributed by atoms with Crippen molar-refractivity contribution in [3.8, 4) is 0 Å². The van der Waals surface area contributed by atoms with Gasteiger partial charge in [0.25, 0.3) is 0 Å². The van der Waals surface area contributed by atoms with Crippen molar-refractivity contribution >= 4 is 31.9 Å². The predicted molar refractivity (Wildman–Crippen MR) is 72.2 cm³/mol. The third kappa shape index (κ3) is 3.01. The smallest absolute Gasteiger partial charge is 0.137 e. The summed E-state index contributed by atoms with van der Waals surface area (Å²) in [4.78, 5) is 0. The topological polar surface area (TPSA) is 20.2 Å². The fourth-order valence-corrected chi connectivity index (χ4v) is 2.29. The van der Waals surface area contributed by atoms with E-state index in [1.807, 2.05) is 0 Å². The van der Waals surface area contributed by atoms with Crippen LogP contribution in [0.5, 0.6) is 0 Å². The molecular formula is C13H7Br2F3O. The molecule has 2 rings (SSSR count). The van der Waals surface area contributed by atoms with Crippen LogP contribution in [0.15, 0.2) is 39.3 Å². The molecule has 0 saturated heterocycles. The van der Waals surface area contributed by atoms with E-state index in [2.05, 4.69) is 31.9 Å². The first-order valence-electron chi connectivity index (χ1n) is 5.17. The lowest BCUT2D eigenvalue weighted by Gasteiger charge is -2.14. The van der Waals surface area contributed by atoms with Crippen LogP contribution in [0.4, 0.5) is 13.2 Å². The predicted octanol–water partition coefficient (Wildman–Crippen LogP) is 4.71. The Morgan fingerprint density at radius 1 is 0.842 bits per heavy atom. The maximum absolute atomic E-state index is 13.7. The van der Waals surface area contributed by atoms with Gasteiger partial charge in [0.2, 0.25) is 0 Å². The highest BCUT2D eigenvalue weighted by atomic mass is 79.9. The van der Waals surface area contributed by atoms with E-state index in [1.165, 1.54) is 12.1 Å². The fourth-order valence-electron chi connectivity index (χ4n) is 1.64. The molecule has 0 bridgehead atoms. The molecule has 19 heavy (non-hydrogen) atoms. The van der Waals surface area contributed by atoms with Crippen LogP contribution >= 0.6 is 31.9 Å². The Labute approximate surface area is 124 Å². The van der Waals surface area contributed by atoms with Crippen LogP contribution in [0.1, 0.15) is 17.2 Å². The average Bonchev–Trinajstić information content (AvgIpc) is 2.33. The molecule has 0 aromatic heterocycles. The first-order chi connectivity index (χ1) is 8.90. The number of hydrogen-bond donors (Lipinski definition) is 1. The molecule has 1 atom stereocenters. The minimum Gasteiger partial charge on any atom is -0.383 e. The van der Waals surface area contributed by atoms with Crippen molar-refractivity contribution in [2.45, 2.75) is 6.10 Å². The highest BCUT2D eigenvalue weighted by Crippen LogP contribution is 2.30. The Morgan fingerprint density at radius 2 is 1.47 bits per heavy atom. The lowest BCUT2D eigenvalue weighted by molar-refractivity contribution is 0.209. The van der Waals surface area contributed by atoms with Crippen LogP contribution in [0, 0.1) is 17.5 Å². The van der Waals surface area contributed by atoms with Crippen molar-refractivity contribution in [1.29, 1.82) is 0 Å². The van der Waals surface area contributed by atoms with E-state index in [0.717, 1.165) is 18.2 Å². The summed E-state index contributed by atoms with van der Waals surface area (Å²) in [6, 6.07) is 5.69. The van der Waals surface area contributed by atoms with Gasteiger partial charge in [0, 0.05) is 15.6 Å². The highest BCUT2D eigenvalue weighted by Gasteiger charge is 2.20. The summed E-state index contributed by atoms with van der Waals surface area (Å²) in [6.45, 7) is 0. The fraction of sp³-hybridized carbons (Fsp3) is 0.0769. The average molecular weight is 396 g/mol. The van der Waals surface area contributed by atoms with E-state index >= 15 is 0 Å². The molecule has 1 N–H and O–H groups in total. The zero-order chi connectivity index (χ0) is 14.2. The molecule has 0 aliphatic heterocycles. The van der Waals surface area contributed by atoms with Crippen LogP contribution < -0.4 is 0 Å². The molecule has 1 unspecified atom stereocenters. The molecule has 0 fully saturated rings. The van der Waals surface area contributed by atoms with E-state index < -0.39 is 23.6 Å². The zero-order valence-electron chi connectivity index (χ0n) is 9.30. The molecule has 2 aromatic carbocycles. The van der Waals surface area contributed by atoms with E-state index in [4.69, 9.17) is 0 Å². The van der Waals surface area contributed by atoms with Crippen molar-refractivity contribution in [1.82, 2.24) is 0 Å². The van der Waals surface area contributed by atoms with Gasteiger partial charge in [-0.15, -0.1) is 0 Å². The third-order valence-electron chi connectivity index (χ3n) is 2.59. The number of hydrogen-bond acceptors (Lipinski definition) is 1. The van der Waals surface area contributed by atoms with Crippen molar-refractivity contribution in [3.63, 3.8) is 0 Å². The minimum absolute atomic E-state index is 0.0581. The van der Waals surface area contributed by atoms with Crippen molar-refractivity contribution in [3.05, 3.63) is 67.9 Å². The minimum atomic E-state index is -1.57. The van der Waals surface area contributed by atoms with Gasteiger partial charge in [0.15, 0.2) is 0 Å². The third-order valence-corrected chi connectivity index (χ3v) is 3.69. The second-order valence-corrected chi connectivity index (χ2v) is 5.63. The van der Waals surface area contributed by atoms with Crippen molar-refractivity contribution in [2.24, 2.45) is 0 Å². The molecule has 0 amide bonds. The Bertz CT molecular complexity index is 632. The maximum Gasteiger partial charge on any atom is 0.137 e. The van der Waals surface area contributed by atoms with Gasteiger partial charge >= 0.3 is 0 Å². The molecule has 0 heterocycles. The number of aliphatic hydroxyl groups excluding tert-OH is 1. The number of aliphatic hydroxyl groups is 1. The summed E-state index contributed by atoms with van der Waals surface area (Å²) in [7, 11) is 0. The van der Waals surface area contributed by atoms with Gasteiger partial charge in [-0.25, -0.2) is 13.2 Å². The van der Waals surface area contributed by atoms with Gasteiger partial charge in [0.05, 0.1) is 4.47 Å². The van der Waals surface area contributed by atoms with Crippen molar-refractivity contribution < 1.29 is 18.3 Å². The van der Waals surface area contributed by atoms with Gasteiger partial charge in [-0.05, 0) is 40.2 Å². The monoisotopic (exact) mass is 394 g/mol. The van der Waals surface area contributed by atoms with Crippen molar-refractivity contribution in [2.75, 3.05) is 0 Å². The largest absolute Gasteiger partial charge is 0.383 e. The van der Waals surface area contributed by atoms with E-state index in [9.17, 15) is 18.3 Å². The molecule has 1 nitrogen and oxygen atoms in total. The van der Waals surface area contributed by atoms with Crippen LogP contribution in [-0.2, 0) is 0 Å². The Kier molecular flexibility index (Phi) is 4.32. The lowest BCUT2D eigenvalue weighted by atomic mass is 10.0. The van der Waals surface area contributed by atoms with Gasteiger partial charge in [-0.2, -0.15) is 0 Å². The van der Waals surface area contributed by atoms with Crippen LogP contribution in [0.25, 0.3) is 0 Å². The summed E-state index contributed by atoms with van der Waals surface area (Å²) >= 11 is 5.91. The summed E-state index contributed by atoms with van der Waals surface area (Å²) in [5, 5.41) is 9.98. The first-order valence-corrected chi connectivity index (χ1v) is 6.76. The molecule has 0 aliphatic carbocycles. The van der Waals surface area contributed by atoms with E-state index in [0.29, 0.717) is 4.47 Å². The Morgan fingerprint density at radius 3 is 2.11 bits per heavy atom. The molecule has 2 aromatic rings. The van der Waals surface area contributed by atoms with Gasteiger partial charge < -0.3 is 5.11 Å². The molecule has 6 heteroatoms. The molecule has 0 saturated carbocycles. The van der Waals surface area contributed by atoms with Crippen LogP contribution in [-0.4, -0.2) is 5.11 Å². The van der Waals surface area contributed by atoms with Crippen LogP contribution in [0.3, 0.4) is 0 Å². The Hall–Kier alpha value is -0.850. The van der Waals surface area contributed by atoms with E-state index in [1.54, 1.807) is 0 Å². The summed E-state index contributed by atoms with van der Waals surface area (Å²) in [5.74, 6) is -2.25. The molecule has 100 valence electrons. The highest BCUT2D eigenvalue weighted by molar-refractivity contribution is 9.10. The molecule has 0 spiro atoms. The lowest BCUT2D eigenvalue weighted by Crippen LogP contribution is -2.06. The second-order valence-electron chi connectivity index (χ2n) is 3.86.